The van der Waals surface area contributed by atoms with E-state index in [1.54, 1.807) is 0 Å². The molecule has 106 valence electrons. The number of aromatic nitrogens is 1. The van der Waals surface area contributed by atoms with E-state index in [9.17, 15) is 5.11 Å². The Morgan fingerprint density at radius 3 is 2.70 bits per heavy atom. The van der Waals surface area contributed by atoms with Gasteiger partial charge in [-0.3, -0.25) is 4.98 Å². The monoisotopic (exact) mass is 270 g/mol. The quantitative estimate of drug-likeness (QED) is 0.898. The summed E-state index contributed by atoms with van der Waals surface area (Å²) in [6.07, 6.45) is 4.13. The molecule has 2 N–H and O–H groups in total. The van der Waals surface area contributed by atoms with E-state index >= 15 is 0 Å². The molecule has 0 aliphatic heterocycles. The highest BCUT2D eigenvalue weighted by molar-refractivity contribution is 5.78. The van der Waals surface area contributed by atoms with Crippen LogP contribution in [-0.2, 0) is 6.54 Å². The van der Waals surface area contributed by atoms with E-state index in [1.165, 1.54) is 5.39 Å². The normalized spacial score (nSPS) is 23.1. The molecule has 1 saturated carbocycles. The van der Waals surface area contributed by atoms with Crippen molar-refractivity contribution in [1.82, 2.24) is 10.3 Å². The number of nitrogens with one attached hydrogen (secondary N) is 1. The molecule has 3 rings (SSSR count). The number of rotatable bonds is 4. The van der Waals surface area contributed by atoms with Crippen molar-refractivity contribution in [3.63, 3.8) is 0 Å². The van der Waals surface area contributed by atoms with Gasteiger partial charge in [-0.1, -0.05) is 24.3 Å². The average molecular weight is 270 g/mol. The standard InChI is InChI=1S/C17H22N2O/c20-16-9-5-13(6-10-16)11-18-12-15-8-7-14-3-1-2-4-17(14)19-15/h1-4,7-8,13,16,18,20H,5-6,9-12H2. The number of hydrogen-bond acceptors (Lipinski definition) is 3. The summed E-state index contributed by atoms with van der Waals surface area (Å²) in [5.41, 5.74) is 2.16. The third-order valence-electron chi connectivity index (χ3n) is 4.21. The van der Waals surface area contributed by atoms with Gasteiger partial charge >= 0.3 is 0 Å². The Morgan fingerprint density at radius 1 is 1.05 bits per heavy atom. The molecule has 0 unspecified atom stereocenters. The van der Waals surface area contributed by atoms with E-state index in [2.05, 4.69) is 34.6 Å². The topological polar surface area (TPSA) is 45.1 Å². The second-order valence-electron chi connectivity index (χ2n) is 5.80. The largest absolute Gasteiger partial charge is 0.393 e. The molecule has 3 nitrogen and oxygen atoms in total. The highest BCUT2D eigenvalue weighted by Gasteiger charge is 2.18. The van der Waals surface area contributed by atoms with Gasteiger partial charge in [0, 0.05) is 11.9 Å². The molecular formula is C17H22N2O. The Hall–Kier alpha value is -1.45. The molecule has 3 heteroatoms. The fourth-order valence-corrected chi connectivity index (χ4v) is 2.96. The van der Waals surface area contributed by atoms with Crippen molar-refractivity contribution >= 4 is 10.9 Å². The first-order chi connectivity index (χ1) is 9.81. The summed E-state index contributed by atoms with van der Waals surface area (Å²) >= 11 is 0. The lowest BCUT2D eigenvalue weighted by Crippen LogP contribution is -2.27. The smallest absolute Gasteiger partial charge is 0.0705 e. The van der Waals surface area contributed by atoms with Gasteiger partial charge in [-0.15, -0.1) is 0 Å². The van der Waals surface area contributed by atoms with Crippen molar-refractivity contribution in [1.29, 1.82) is 0 Å². The maximum absolute atomic E-state index is 9.50. The Bertz CT molecular complexity index is 562. The molecule has 1 aliphatic carbocycles. The first kappa shape index (κ1) is 13.5. The molecular weight excluding hydrogens is 248 g/mol. The second kappa shape index (κ2) is 6.33. The number of nitrogens with zero attached hydrogens (tertiary/aromatic N) is 1. The minimum absolute atomic E-state index is 0.0617. The summed E-state index contributed by atoms with van der Waals surface area (Å²) in [6, 6.07) is 12.4. The van der Waals surface area contributed by atoms with Crippen LogP contribution in [0.2, 0.25) is 0 Å². The highest BCUT2D eigenvalue weighted by Crippen LogP contribution is 2.23. The SMILES string of the molecule is OC1CCC(CNCc2ccc3ccccc3n2)CC1. The van der Waals surface area contributed by atoms with Gasteiger partial charge in [-0.05, 0) is 50.3 Å². The van der Waals surface area contributed by atoms with E-state index in [0.717, 1.165) is 50.0 Å². The summed E-state index contributed by atoms with van der Waals surface area (Å²) in [6.45, 7) is 1.85. The minimum atomic E-state index is -0.0617. The molecule has 0 spiro atoms. The lowest BCUT2D eigenvalue weighted by molar-refractivity contribution is 0.108. The maximum Gasteiger partial charge on any atom is 0.0705 e. The number of aliphatic hydroxyl groups is 1. The summed E-state index contributed by atoms with van der Waals surface area (Å²) < 4.78 is 0. The van der Waals surface area contributed by atoms with Gasteiger partial charge in [0.1, 0.15) is 0 Å². The van der Waals surface area contributed by atoms with Gasteiger partial charge in [-0.2, -0.15) is 0 Å². The Balaban J connectivity index is 1.52. The third kappa shape index (κ3) is 3.35. The summed E-state index contributed by atoms with van der Waals surface area (Å²) in [5.74, 6) is 0.707. The van der Waals surface area contributed by atoms with Crippen LogP contribution in [0.3, 0.4) is 0 Å². The van der Waals surface area contributed by atoms with Crippen molar-refractivity contribution in [2.75, 3.05) is 6.54 Å². The van der Waals surface area contributed by atoms with Crippen LogP contribution in [0.1, 0.15) is 31.4 Å². The van der Waals surface area contributed by atoms with Crippen LogP contribution in [0.15, 0.2) is 36.4 Å². The van der Waals surface area contributed by atoms with Gasteiger partial charge in [0.2, 0.25) is 0 Å². The van der Waals surface area contributed by atoms with E-state index in [-0.39, 0.29) is 6.10 Å². The fraction of sp³-hybridized carbons (Fsp3) is 0.471. The predicted octanol–water partition coefficient (Wildman–Crippen LogP) is 2.88. The maximum atomic E-state index is 9.50. The Morgan fingerprint density at radius 2 is 1.85 bits per heavy atom. The molecule has 20 heavy (non-hydrogen) atoms. The Kier molecular flexibility index (Phi) is 4.28. The van der Waals surface area contributed by atoms with E-state index < -0.39 is 0 Å². The molecule has 1 aromatic carbocycles. The van der Waals surface area contributed by atoms with Gasteiger partial charge < -0.3 is 10.4 Å². The summed E-state index contributed by atoms with van der Waals surface area (Å²) in [4.78, 5) is 4.67. The van der Waals surface area contributed by atoms with Crippen LogP contribution in [0.25, 0.3) is 10.9 Å². The molecule has 1 aromatic heterocycles. The number of fused-ring (bicyclic) bond motifs is 1. The second-order valence-corrected chi connectivity index (χ2v) is 5.80. The molecule has 0 radical (unpaired) electrons. The summed E-state index contributed by atoms with van der Waals surface area (Å²) in [5, 5.41) is 14.2. The molecule has 2 aromatic rings. The number of para-hydroxylation sites is 1. The molecule has 0 bridgehead atoms. The molecule has 1 aliphatic rings. The fourth-order valence-electron chi connectivity index (χ4n) is 2.96. The van der Waals surface area contributed by atoms with Gasteiger partial charge in [0.05, 0.1) is 17.3 Å². The molecule has 1 heterocycles. The van der Waals surface area contributed by atoms with Gasteiger partial charge in [-0.25, -0.2) is 0 Å². The minimum Gasteiger partial charge on any atom is -0.393 e. The molecule has 0 atom stereocenters. The van der Waals surface area contributed by atoms with Crippen LogP contribution < -0.4 is 5.32 Å². The zero-order chi connectivity index (χ0) is 13.8. The zero-order valence-corrected chi connectivity index (χ0v) is 11.8. The van der Waals surface area contributed by atoms with Gasteiger partial charge in [0.15, 0.2) is 0 Å². The molecule has 0 saturated heterocycles. The predicted molar refractivity (Wildman–Crippen MR) is 81.4 cm³/mol. The van der Waals surface area contributed by atoms with Crippen molar-refractivity contribution < 1.29 is 5.11 Å². The lowest BCUT2D eigenvalue weighted by Gasteiger charge is -2.25. The van der Waals surface area contributed by atoms with Gasteiger partial charge in [0.25, 0.3) is 0 Å². The first-order valence-corrected chi connectivity index (χ1v) is 7.55. The van der Waals surface area contributed by atoms with Crippen molar-refractivity contribution in [2.24, 2.45) is 5.92 Å². The van der Waals surface area contributed by atoms with Crippen LogP contribution in [0.5, 0.6) is 0 Å². The number of benzene rings is 1. The van der Waals surface area contributed by atoms with E-state index in [1.807, 2.05) is 12.1 Å². The van der Waals surface area contributed by atoms with Crippen molar-refractivity contribution in [3.8, 4) is 0 Å². The third-order valence-corrected chi connectivity index (χ3v) is 4.21. The van der Waals surface area contributed by atoms with Crippen LogP contribution >= 0.6 is 0 Å². The van der Waals surface area contributed by atoms with E-state index in [4.69, 9.17) is 0 Å². The lowest BCUT2D eigenvalue weighted by atomic mass is 9.87. The number of pyridine rings is 1. The van der Waals surface area contributed by atoms with E-state index in [0.29, 0.717) is 5.92 Å². The first-order valence-electron chi connectivity index (χ1n) is 7.55. The number of aliphatic hydroxyl groups excluding tert-OH is 1. The van der Waals surface area contributed by atoms with Crippen LogP contribution in [0, 0.1) is 5.92 Å². The van der Waals surface area contributed by atoms with Crippen molar-refractivity contribution in [2.45, 2.75) is 38.3 Å². The Labute approximate surface area is 120 Å². The van der Waals surface area contributed by atoms with Crippen molar-refractivity contribution in [3.05, 3.63) is 42.1 Å². The average Bonchev–Trinajstić information content (AvgIpc) is 2.49. The molecule has 1 fully saturated rings. The highest BCUT2D eigenvalue weighted by atomic mass is 16.3. The zero-order valence-electron chi connectivity index (χ0n) is 11.8. The number of hydrogen-bond donors (Lipinski definition) is 2. The van der Waals surface area contributed by atoms with Crippen LogP contribution in [-0.4, -0.2) is 22.7 Å². The summed E-state index contributed by atoms with van der Waals surface area (Å²) in [7, 11) is 0. The molecule has 0 amide bonds. The van der Waals surface area contributed by atoms with Crippen LogP contribution in [0.4, 0.5) is 0 Å².